The Morgan fingerprint density at radius 3 is 3.10 bits per heavy atom. The highest BCUT2D eigenvalue weighted by Gasteiger charge is 2.08. The number of ether oxygens (including phenoxy) is 1. The van der Waals surface area contributed by atoms with Gasteiger partial charge in [-0.15, -0.1) is 11.8 Å². The van der Waals surface area contributed by atoms with Gasteiger partial charge >= 0.3 is 0 Å². The van der Waals surface area contributed by atoms with Crippen molar-refractivity contribution in [3.63, 3.8) is 0 Å². The summed E-state index contributed by atoms with van der Waals surface area (Å²) in [5.74, 6) is 0. The first-order chi connectivity index (χ1) is 4.84. The smallest absolute Gasteiger partial charge is 0.0868 e. The lowest BCUT2D eigenvalue weighted by atomic mass is 10.3. The van der Waals surface area contributed by atoms with Crippen molar-refractivity contribution in [2.75, 3.05) is 13.2 Å². The quantitative estimate of drug-likeness (QED) is 0.659. The SMILES string of the molecule is C=CSC1=C(N)COCC1. The van der Waals surface area contributed by atoms with Gasteiger partial charge in [0.25, 0.3) is 0 Å². The second kappa shape index (κ2) is 3.68. The van der Waals surface area contributed by atoms with Gasteiger partial charge in [-0.2, -0.15) is 0 Å². The first kappa shape index (κ1) is 7.69. The lowest BCUT2D eigenvalue weighted by Gasteiger charge is -2.15. The van der Waals surface area contributed by atoms with Crippen LogP contribution in [0.3, 0.4) is 0 Å². The van der Waals surface area contributed by atoms with E-state index in [1.807, 2.05) is 0 Å². The van der Waals surface area contributed by atoms with Crippen LogP contribution in [0, 0.1) is 0 Å². The van der Waals surface area contributed by atoms with Crippen LogP contribution < -0.4 is 5.73 Å². The van der Waals surface area contributed by atoms with E-state index in [1.165, 1.54) is 4.91 Å². The zero-order valence-corrected chi connectivity index (χ0v) is 6.62. The fourth-order valence-electron chi connectivity index (χ4n) is 0.823. The number of hydrogen-bond donors (Lipinski definition) is 1. The fraction of sp³-hybridized carbons (Fsp3) is 0.429. The molecule has 0 saturated heterocycles. The topological polar surface area (TPSA) is 35.2 Å². The van der Waals surface area contributed by atoms with Gasteiger partial charge in [-0.25, -0.2) is 0 Å². The molecule has 56 valence electrons. The van der Waals surface area contributed by atoms with Gasteiger partial charge in [-0.1, -0.05) is 6.58 Å². The van der Waals surface area contributed by atoms with Crippen LogP contribution in [-0.2, 0) is 4.74 Å². The lowest BCUT2D eigenvalue weighted by Crippen LogP contribution is -2.15. The maximum Gasteiger partial charge on any atom is 0.0868 e. The first-order valence-corrected chi connectivity index (χ1v) is 4.05. The monoisotopic (exact) mass is 157 g/mol. The molecule has 0 fully saturated rings. The molecule has 0 saturated carbocycles. The van der Waals surface area contributed by atoms with Crippen LogP contribution >= 0.6 is 11.8 Å². The summed E-state index contributed by atoms with van der Waals surface area (Å²) >= 11 is 1.60. The highest BCUT2D eigenvalue weighted by atomic mass is 32.2. The average molecular weight is 157 g/mol. The summed E-state index contributed by atoms with van der Waals surface area (Å²) in [5, 5.41) is 1.80. The highest BCUT2D eigenvalue weighted by Crippen LogP contribution is 2.24. The van der Waals surface area contributed by atoms with Gasteiger partial charge in [0.1, 0.15) is 0 Å². The van der Waals surface area contributed by atoms with E-state index >= 15 is 0 Å². The summed E-state index contributed by atoms with van der Waals surface area (Å²) in [5.41, 5.74) is 6.51. The summed E-state index contributed by atoms with van der Waals surface area (Å²) in [4.78, 5) is 1.21. The Labute approximate surface area is 65.1 Å². The molecule has 1 aliphatic heterocycles. The minimum Gasteiger partial charge on any atom is -0.399 e. The first-order valence-electron chi connectivity index (χ1n) is 3.17. The maximum atomic E-state index is 5.65. The molecule has 0 unspecified atom stereocenters. The van der Waals surface area contributed by atoms with Gasteiger partial charge in [-0.05, 0) is 5.41 Å². The van der Waals surface area contributed by atoms with Crippen LogP contribution in [0.15, 0.2) is 22.6 Å². The van der Waals surface area contributed by atoms with Crippen molar-refractivity contribution in [2.24, 2.45) is 5.73 Å². The third-order valence-corrected chi connectivity index (χ3v) is 2.23. The van der Waals surface area contributed by atoms with Crippen LogP contribution in [0.2, 0.25) is 0 Å². The second-order valence-corrected chi connectivity index (χ2v) is 3.10. The number of nitrogens with two attached hydrogens (primary N) is 1. The molecule has 0 amide bonds. The van der Waals surface area contributed by atoms with Crippen molar-refractivity contribution < 1.29 is 4.74 Å². The summed E-state index contributed by atoms with van der Waals surface area (Å²) in [6.45, 7) is 4.99. The average Bonchev–Trinajstić information content (AvgIpc) is 1.94. The van der Waals surface area contributed by atoms with E-state index in [9.17, 15) is 0 Å². The minimum absolute atomic E-state index is 0.580. The van der Waals surface area contributed by atoms with Gasteiger partial charge in [0.2, 0.25) is 0 Å². The summed E-state index contributed by atoms with van der Waals surface area (Å²) in [6, 6.07) is 0. The van der Waals surface area contributed by atoms with Crippen LogP contribution in [0.25, 0.3) is 0 Å². The molecule has 1 aliphatic rings. The van der Waals surface area contributed by atoms with Gasteiger partial charge in [-0.3, -0.25) is 0 Å². The molecule has 0 aromatic heterocycles. The lowest BCUT2D eigenvalue weighted by molar-refractivity contribution is 0.148. The molecular formula is C7H11NOS. The van der Waals surface area contributed by atoms with Gasteiger partial charge in [0.05, 0.1) is 13.2 Å². The molecule has 1 rings (SSSR count). The Hall–Kier alpha value is -0.410. The summed E-state index contributed by atoms with van der Waals surface area (Å²) in [7, 11) is 0. The second-order valence-electron chi connectivity index (χ2n) is 2.04. The Kier molecular flexibility index (Phi) is 2.83. The van der Waals surface area contributed by atoms with Crippen molar-refractivity contribution in [3.8, 4) is 0 Å². The van der Waals surface area contributed by atoms with Crippen LogP contribution in [0.4, 0.5) is 0 Å². The van der Waals surface area contributed by atoms with E-state index in [0.29, 0.717) is 6.61 Å². The fourth-order valence-corrected chi connectivity index (χ4v) is 1.44. The van der Waals surface area contributed by atoms with Crippen molar-refractivity contribution >= 4 is 11.8 Å². The number of hydrogen-bond acceptors (Lipinski definition) is 3. The molecule has 0 atom stereocenters. The molecular weight excluding hydrogens is 146 g/mol. The Morgan fingerprint density at radius 2 is 2.50 bits per heavy atom. The third-order valence-electron chi connectivity index (χ3n) is 1.31. The van der Waals surface area contributed by atoms with Crippen molar-refractivity contribution in [1.82, 2.24) is 0 Å². The predicted octanol–water partition coefficient (Wildman–Crippen LogP) is 1.45. The molecule has 0 aromatic carbocycles. The minimum atomic E-state index is 0.580. The Bertz CT molecular complexity index is 165. The molecule has 0 aliphatic carbocycles. The molecule has 3 heteroatoms. The van der Waals surface area contributed by atoms with Gasteiger partial charge < -0.3 is 10.5 Å². The van der Waals surface area contributed by atoms with Crippen LogP contribution in [-0.4, -0.2) is 13.2 Å². The third kappa shape index (κ3) is 1.78. The van der Waals surface area contributed by atoms with E-state index in [4.69, 9.17) is 10.5 Å². The zero-order chi connectivity index (χ0) is 7.40. The van der Waals surface area contributed by atoms with Gasteiger partial charge in [0.15, 0.2) is 0 Å². The standard InChI is InChI=1S/C7H11NOS/c1-2-10-7-3-4-9-5-6(7)8/h2H,1,3-5,8H2. The van der Waals surface area contributed by atoms with Gasteiger partial charge in [0, 0.05) is 17.0 Å². The maximum absolute atomic E-state index is 5.65. The normalized spacial score (nSPS) is 19.2. The van der Waals surface area contributed by atoms with E-state index in [1.54, 1.807) is 17.2 Å². The summed E-state index contributed by atoms with van der Waals surface area (Å²) < 4.78 is 5.13. The number of rotatable bonds is 2. The summed E-state index contributed by atoms with van der Waals surface area (Å²) in [6.07, 6.45) is 0.933. The van der Waals surface area contributed by atoms with Crippen LogP contribution in [0.1, 0.15) is 6.42 Å². The highest BCUT2D eigenvalue weighted by molar-refractivity contribution is 8.05. The molecule has 2 N–H and O–H groups in total. The zero-order valence-electron chi connectivity index (χ0n) is 5.80. The van der Waals surface area contributed by atoms with E-state index in [2.05, 4.69) is 6.58 Å². The molecule has 0 aromatic rings. The molecule has 0 bridgehead atoms. The van der Waals surface area contributed by atoms with Crippen molar-refractivity contribution in [3.05, 3.63) is 22.6 Å². The van der Waals surface area contributed by atoms with E-state index in [0.717, 1.165) is 18.7 Å². The molecule has 10 heavy (non-hydrogen) atoms. The Morgan fingerprint density at radius 1 is 1.70 bits per heavy atom. The Balaban J connectivity index is 2.58. The molecule has 1 heterocycles. The largest absolute Gasteiger partial charge is 0.399 e. The number of thioether (sulfide) groups is 1. The molecule has 2 nitrogen and oxygen atoms in total. The van der Waals surface area contributed by atoms with Crippen molar-refractivity contribution in [1.29, 1.82) is 0 Å². The van der Waals surface area contributed by atoms with E-state index < -0.39 is 0 Å². The molecule has 0 spiro atoms. The molecule has 0 radical (unpaired) electrons. The van der Waals surface area contributed by atoms with E-state index in [-0.39, 0.29) is 0 Å². The van der Waals surface area contributed by atoms with Crippen LogP contribution in [0.5, 0.6) is 0 Å². The van der Waals surface area contributed by atoms with Crippen molar-refractivity contribution in [2.45, 2.75) is 6.42 Å². The predicted molar refractivity (Wildman–Crippen MR) is 44.4 cm³/mol.